The zero-order valence-corrected chi connectivity index (χ0v) is 29.0. The van der Waals surface area contributed by atoms with Gasteiger partial charge in [-0.1, -0.05) is 30.3 Å². The molecule has 0 bridgehead atoms. The van der Waals surface area contributed by atoms with E-state index in [0.29, 0.717) is 32.2 Å². The Balaban J connectivity index is 1.34. The standard InChI is InChI=1S/C37H49N7O3/c1-25-10-8-11-27-12-9-13-31(32(25)27)42-19-15-29-30(23-42)39-34(46-26(2)37(16-17-37)24-41(6)7)40-33(29)43-20-21-44(28(22-43)14-18-38)35(45)47-36(3,4)5/h8-13,26,28H,14-17,19-24H2,1-7H3. The van der Waals surface area contributed by atoms with Crippen molar-refractivity contribution in [3.8, 4) is 12.1 Å². The van der Waals surface area contributed by atoms with Gasteiger partial charge in [0.2, 0.25) is 0 Å². The molecule has 1 amide bonds. The molecule has 3 heterocycles. The van der Waals surface area contributed by atoms with Crippen molar-refractivity contribution < 1.29 is 14.3 Å². The Kier molecular flexibility index (Phi) is 8.96. The molecule has 2 unspecified atom stereocenters. The highest BCUT2D eigenvalue weighted by Gasteiger charge is 2.49. The van der Waals surface area contributed by atoms with E-state index in [-0.39, 0.29) is 30.1 Å². The van der Waals surface area contributed by atoms with Gasteiger partial charge in [-0.25, -0.2) is 4.79 Å². The predicted octanol–water partition coefficient (Wildman–Crippen LogP) is 5.95. The number of nitrogens with zero attached hydrogens (tertiary/aromatic N) is 7. The molecular formula is C37H49N7O3. The number of anilines is 2. The number of aromatic nitrogens is 2. The van der Waals surface area contributed by atoms with E-state index in [1.165, 1.54) is 22.0 Å². The van der Waals surface area contributed by atoms with Gasteiger partial charge in [-0.3, -0.25) is 0 Å². The number of fused-ring (bicyclic) bond motifs is 2. The van der Waals surface area contributed by atoms with Crippen LogP contribution in [0.25, 0.3) is 10.8 Å². The second-order valence-electron chi connectivity index (χ2n) is 14.9. The van der Waals surface area contributed by atoms with Crippen LogP contribution in [0.4, 0.5) is 16.3 Å². The number of nitriles is 1. The molecule has 2 fully saturated rings. The SMILES string of the molecule is Cc1cccc2cccc(N3CCc4c(nc(OC(C)C5(CN(C)C)CC5)nc4N4CCN(C(=O)OC(C)(C)C)C(CC#N)C4)C3)c12. The Hall–Kier alpha value is -4.10. The number of piperazine rings is 1. The van der Waals surface area contributed by atoms with Crippen molar-refractivity contribution in [1.82, 2.24) is 19.8 Å². The minimum atomic E-state index is -0.611. The molecule has 2 atom stereocenters. The van der Waals surface area contributed by atoms with E-state index in [9.17, 15) is 10.1 Å². The van der Waals surface area contributed by atoms with Crippen LogP contribution in [0, 0.1) is 23.7 Å². The van der Waals surface area contributed by atoms with E-state index in [1.807, 2.05) is 20.8 Å². The average molecular weight is 640 g/mol. The fraction of sp³-hybridized carbons (Fsp3) is 0.568. The summed E-state index contributed by atoms with van der Waals surface area (Å²) in [7, 11) is 4.22. The largest absolute Gasteiger partial charge is 0.460 e. The Morgan fingerprint density at radius 2 is 1.85 bits per heavy atom. The lowest BCUT2D eigenvalue weighted by molar-refractivity contribution is 0.0144. The average Bonchev–Trinajstić information content (AvgIpc) is 3.79. The molecule has 1 aromatic heterocycles. The molecular weight excluding hydrogens is 590 g/mol. The molecule has 10 heteroatoms. The van der Waals surface area contributed by atoms with Crippen molar-refractivity contribution in [3.05, 3.63) is 53.2 Å². The molecule has 250 valence electrons. The van der Waals surface area contributed by atoms with Crippen LogP contribution in [-0.2, 0) is 17.7 Å². The minimum Gasteiger partial charge on any atom is -0.460 e. The molecule has 47 heavy (non-hydrogen) atoms. The number of carbonyl (C=O) groups is 1. The first kappa shape index (κ1) is 32.8. The van der Waals surface area contributed by atoms with Gasteiger partial charge in [-0.2, -0.15) is 15.2 Å². The molecule has 0 N–H and O–H groups in total. The first-order chi connectivity index (χ1) is 22.4. The van der Waals surface area contributed by atoms with Gasteiger partial charge in [0.1, 0.15) is 17.5 Å². The van der Waals surface area contributed by atoms with E-state index in [0.717, 1.165) is 49.4 Å². The van der Waals surface area contributed by atoms with Crippen LogP contribution in [0.3, 0.4) is 0 Å². The van der Waals surface area contributed by atoms with Gasteiger partial charge in [0.05, 0.1) is 30.8 Å². The summed E-state index contributed by atoms with van der Waals surface area (Å²) in [5, 5.41) is 12.2. The smallest absolute Gasteiger partial charge is 0.410 e. The van der Waals surface area contributed by atoms with Gasteiger partial charge in [-0.05, 0) is 85.0 Å². The van der Waals surface area contributed by atoms with E-state index in [1.54, 1.807) is 4.90 Å². The van der Waals surface area contributed by atoms with Crippen molar-refractivity contribution in [1.29, 1.82) is 5.26 Å². The number of amides is 1. The topological polar surface area (TPSA) is 98.1 Å². The molecule has 1 aliphatic carbocycles. The number of aryl methyl sites for hydroxylation is 1. The van der Waals surface area contributed by atoms with Gasteiger partial charge in [0, 0.05) is 54.8 Å². The first-order valence-corrected chi connectivity index (χ1v) is 16.9. The van der Waals surface area contributed by atoms with E-state index in [2.05, 4.69) is 85.1 Å². The molecule has 2 aliphatic heterocycles. The van der Waals surface area contributed by atoms with Crippen molar-refractivity contribution in [2.45, 2.75) is 84.6 Å². The highest BCUT2D eigenvalue weighted by molar-refractivity contribution is 5.97. The van der Waals surface area contributed by atoms with Crippen LogP contribution in [0.15, 0.2) is 36.4 Å². The number of carbonyl (C=O) groups excluding carboxylic acids is 1. The summed E-state index contributed by atoms with van der Waals surface area (Å²) < 4.78 is 12.3. The predicted molar refractivity (Wildman–Crippen MR) is 185 cm³/mol. The molecule has 3 aliphatic rings. The van der Waals surface area contributed by atoms with E-state index >= 15 is 0 Å². The summed E-state index contributed by atoms with van der Waals surface area (Å²) in [6, 6.07) is 15.4. The van der Waals surface area contributed by atoms with Gasteiger partial charge in [-0.15, -0.1) is 0 Å². The van der Waals surface area contributed by atoms with Crippen molar-refractivity contribution in [3.63, 3.8) is 0 Å². The van der Waals surface area contributed by atoms with E-state index < -0.39 is 5.60 Å². The Bertz CT molecular complexity index is 1670. The third kappa shape index (κ3) is 6.96. The van der Waals surface area contributed by atoms with Crippen LogP contribution in [-0.4, -0.2) is 90.4 Å². The zero-order valence-electron chi connectivity index (χ0n) is 29.0. The highest BCUT2D eigenvalue weighted by atomic mass is 16.6. The lowest BCUT2D eigenvalue weighted by Crippen LogP contribution is -2.56. The zero-order chi connectivity index (χ0) is 33.5. The fourth-order valence-electron chi connectivity index (χ4n) is 7.33. The summed E-state index contributed by atoms with van der Waals surface area (Å²) in [6.45, 7) is 13.9. The number of rotatable bonds is 8. The van der Waals surface area contributed by atoms with Gasteiger partial charge < -0.3 is 29.1 Å². The van der Waals surface area contributed by atoms with E-state index in [4.69, 9.17) is 19.4 Å². The summed E-state index contributed by atoms with van der Waals surface area (Å²) in [4.78, 5) is 31.9. The maximum absolute atomic E-state index is 13.1. The van der Waals surface area contributed by atoms with Gasteiger partial charge in [0.25, 0.3) is 0 Å². The molecule has 6 rings (SSSR count). The van der Waals surface area contributed by atoms with Crippen LogP contribution < -0.4 is 14.5 Å². The summed E-state index contributed by atoms with van der Waals surface area (Å²) in [6.07, 6.45) is 2.83. The Morgan fingerprint density at radius 3 is 2.53 bits per heavy atom. The van der Waals surface area contributed by atoms with Crippen molar-refractivity contribution in [2.75, 3.05) is 56.6 Å². The first-order valence-electron chi connectivity index (χ1n) is 16.9. The maximum atomic E-state index is 13.1. The number of hydrogen-bond donors (Lipinski definition) is 0. The fourth-order valence-corrected chi connectivity index (χ4v) is 7.33. The maximum Gasteiger partial charge on any atom is 0.410 e. The van der Waals surface area contributed by atoms with Crippen molar-refractivity contribution >= 4 is 28.4 Å². The lowest BCUT2D eigenvalue weighted by Gasteiger charge is -2.42. The monoisotopic (exact) mass is 639 g/mol. The number of ether oxygens (including phenoxy) is 2. The third-order valence-corrected chi connectivity index (χ3v) is 9.86. The molecule has 0 radical (unpaired) electrons. The van der Waals surface area contributed by atoms with Gasteiger partial charge in [0.15, 0.2) is 0 Å². The summed E-state index contributed by atoms with van der Waals surface area (Å²) >= 11 is 0. The summed E-state index contributed by atoms with van der Waals surface area (Å²) in [5.74, 6) is 0.857. The highest BCUT2D eigenvalue weighted by Crippen LogP contribution is 2.50. The van der Waals surface area contributed by atoms with Gasteiger partial charge >= 0.3 is 12.1 Å². The second kappa shape index (κ2) is 12.8. The second-order valence-corrected chi connectivity index (χ2v) is 14.9. The third-order valence-electron chi connectivity index (χ3n) is 9.86. The molecule has 0 spiro atoms. The van der Waals surface area contributed by atoms with Crippen LogP contribution >= 0.6 is 0 Å². The summed E-state index contributed by atoms with van der Waals surface area (Å²) in [5.41, 5.74) is 4.05. The molecule has 1 saturated carbocycles. The normalized spacial score (nSPS) is 19.7. The molecule has 2 aromatic carbocycles. The van der Waals surface area contributed by atoms with Crippen LogP contribution in [0.2, 0.25) is 0 Å². The molecule has 3 aromatic rings. The van der Waals surface area contributed by atoms with Crippen LogP contribution in [0.5, 0.6) is 6.01 Å². The minimum absolute atomic E-state index is 0.0356. The quantitative estimate of drug-likeness (QED) is 0.296. The molecule has 10 nitrogen and oxygen atoms in total. The molecule has 1 saturated heterocycles. The number of benzene rings is 2. The van der Waals surface area contributed by atoms with Crippen LogP contribution in [0.1, 0.15) is 63.8 Å². The number of hydrogen-bond acceptors (Lipinski definition) is 9. The Labute approximate surface area is 279 Å². The Morgan fingerprint density at radius 1 is 1.11 bits per heavy atom. The van der Waals surface area contributed by atoms with Crippen molar-refractivity contribution in [2.24, 2.45) is 5.41 Å². The lowest BCUT2D eigenvalue weighted by atomic mass is 9.99.